The summed E-state index contributed by atoms with van der Waals surface area (Å²) in [6.45, 7) is 6.11. The molecule has 0 bridgehead atoms. The number of nitriles is 1. The van der Waals surface area contributed by atoms with E-state index in [0.717, 1.165) is 42.1 Å². The molecule has 0 aliphatic carbocycles. The molecular weight excluding hydrogens is 484 g/mol. The van der Waals surface area contributed by atoms with Gasteiger partial charge >= 0.3 is 11.9 Å². The maximum absolute atomic E-state index is 12.9. The fourth-order valence-corrected chi connectivity index (χ4v) is 3.99. The highest BCUT2D eigenvalue weighted by Gasteiger charge is 2.18. The first kappa shape index (κ1) is 28.0. The summed E-state index contributed by atoms with van der Waals surface area (Å²) in [5.41, 5.74) is 3.70. The molecule has 0 radical (unpaired) electrons. The minimum absolute atomic E-state index is 0.0388. The first-order valence-electron chi connectivity index (χ1n) is 12.4. The Morgan fingerprint density at radius 1 is 0.947 bits per heavy atom. The van der Waals surface area contributed by atoms with E-state index in [0.29, 0.717) is 28.9 Å². The number of fused-ring (bicyclic) bond motifs is 1. The second-order valence-electron chi connectivity index (χ2n) is 8.83. The van der Waals surface area contributed by atoms with Crippen molar-refractivity contribution in [3.05, 3.63) is 65.4 Å². The maximum Gasteiger partial charge on any atom is 0.331 e. The predicted molar refractivity (Wildman–Crippen MR) is 144 cm³/mol. The van der Waals surface area contributed by atoms with Gasteiger partial charge in [0.2, 0.25) is 5.78 Å². The van der Waals surface area contributed by atoms with E-state index in [9.17, 15) is 19.6 Å². The fourth-order valence-electron chi connectivity index (χ4n) is 3.99. The van der Waals surface area contributed by atoms with Crippen molar-refractivity contribution < 1.29 is 24.1 Å². The van der Waals surface area contributed by atoms with E-state index in [1.807, 2.05) is 22.9 Å². The standard InChI is InChI=1S/C29H30N4O5/c1-5-6-7-8-12-27(32-38-21(4)35)26-18-33(28-14-13-22(17-30)15-25(26)28)24-11-9-10-23(16-24)29(36)19(2)31-37-20(3)34/h9-11,13-16,18H,5-8,12H2,1-4H3/b31-19-,32-27+. The minimum atomic E-state index is -0.616. The van der Waals surface area contributed by atoms with E-state index in [-0.39, 0.29) is 11.5 Å². The molecule has 0 atom stereocenters. The zero-order valence-corrected chi connectivity index (χ0v) is 22.0. The number of rotatable bonds is 11. The van der Waals surface area contributed by atoms with Gasteiger partial charge < -0.3 is 14.2 Å². The number of carbonyl (C=O) groups is 3. The van der Waals surface area contributed by atoms with Crippen LogP contribution in [0.2, 0.25) is 0 Å². The third-order valence-corrected chi connectivity index (χ3v) is 5.82. The van der Waals surface area contributed by atoms with Crippen molar-refractivity contribution in [2.24, 2.45) is 10.3 Å². The summed E-state index contributed by atoms with van der Waals surface area (Å²) in [6, 6.07) is 14.5. The maximum atomic E-state index is 12.9. The molecule has 0 saturated carbocycles. The Morgan fingerprint density at radius 3 is 2.37 bits per heavy atom. The van der Waals surface area contributed by atoms with Crippen molar-refractivity contribution in [1.82, 2.24) is 4.57 Å². The van der Waals surface area contributed by atoms with Crippen molar-refractivity contribution in [2.45, 2.75) is 59.8 Å². The minimum Gasteiger partial charge on any atom is -0.318 e. The number of oxime groups is 2. The second-order valence-corrected chi connectivity index (χ2v) is 8.83. The fraction of sp³-hybridized carbons (Fsp3) is 0.310. The van der Waals surface area contributed by atoms with Crippen LogP contribution in [-0.4, -0.2) is 33.7 Å². The highest BCUT2D eigenvalue weighted by molar-refractivity contribution is 6.45. The van der Waals surface area contributed by atoms with Gasteiger partial charge in [0.15, 0.2) is 0 Å². The van der Waals surface area contributed by atoms with E-state index >= 15 is 0 Å². The van der Waals surface area contributed by atoms with Crippen molar-refractivity contribution in [1.29, 1.82) is 5.26 Å². The number of aromatic nitrogens is 1. The Kier molecular flexibility index (Phi) is 9.66. The Morgan fingerprint density at radius 2 is 1.68 bits per heavy atom. The molecule has 3 aromatic rings. The Bertz CT molecular complexity index is 1460. The quantitative estimate of drug-likeness (QED) is 0.104. The molecule has 0 aliphatic rings. The lowest BCUT2D eigenvalue weighted by Gasteiger charge is -2.08. The van der Waals surface area contributed by atoms with E-state index in [4.69, 9.17) is 4.84 Å². The molecule has 1 aromatic heterocycles. The molecule has 0 spiro atoms. The molecule has 0 unspecified atom stereocenters. The molecule has 3 rings (SSSR count). The SMILES string of the molecule is CCCCCC/C(=N\OC(C)=O)c1cn(-c2cccc(C(=O)/C(C)=N\OC(C)=O)c2)c2ccc(C#N)cc12. The van der Waals surface area contributed by atoms with Gasteiger partial charge in [0.25, 0.3) is 0 Å². The van der Waals surface area contributed by atoms with Gasteiger partial charge in [0.05, 0.1) is 22.9 Å². The van der Waals surface area contributed by atoms with Gasteiger partial charge in [-0.05, 0) is 50.1 Å². The summed E-state index contributed by atoms with van der Waals surface area (Å²) in [5, 5.41) is 18.1. The van der Waals surface area contributed by atoms with Crippen LogP contribution >= 0.6 is 0 Å². The lowest BCUT2D eigenvalue weighted by Crippen LogP contribution is -2.12. The van der Waals surface area contributed by atoms with Gasteiger partial charge in [0.1, 0.15) is 5.71 Å². The largest absolute Gasteiger partial charge is 0.331 e. The number of nitrogens with zero attached hydrogens (tertiary/aromatic N) is 4. The molecule has 2 aromatic carbocycles. The van der Waals surface area contributed by atoms with Crippen LogP contribution in [0.4, 0.5) is 0 Å². The van der Waals surface area contributed by atoms with E-state index in [1.54, 1.807) is 30.3 Å². The zero-order valence-electron chi connectivity index (χ0n) is 22.0. The molecule has 9 heteroatoms. The Labute approximate surface area is 221 Å². The molecule has 0 N–H and O–H groups in total. The lowest BCUT2D eigenvalue weighted by molar-refractivity contribution is -0.141. The number of ketones is 1. The summed E-state index contributed by atoms with van der Waals surface area (Å²) in [4.78, 5) is 45.1. The number of carbonyl (C=O) groups excluding carboxylic acids is 3. The average molecular weight is 515 g/mol. The van der Waals surface area contributed by atoms with Gasteiger partial charge in [-0.25, -0.2) is 9.59 Å². The predicted octanol–water partition coefficient (Wildman–Crippen LogP) is 5.86. The van der Waals surface area contributed by atoms with Crippen LogP contribution < -0.4 is 0 Å². The topological polar surface area (TPSA) is 123 Å². The van der Waals surface area contributed by atoms with Crippen molar-refractivity contribution in [3.63, 3.8) is 0 Å². The lowest BCUT2D eigenvalue weighted by atomic mass is 10.0. The summed E-state index contributed by atoms with van der Waals surface area (Å²) < 4.78 is 1.90. The molecule has 0 aliphatic heterocycles. The van der Waals surface area contributed by atoms with Gasteiger partial charge in [0, 0.05) is 42.2 Å². The van der Waals surface area contributed by atoms with E-state index in [1.165, 1.54) is 20.8 Å². The van der Waals surface area contributed by atoms with Gasteiger partial charge in [-0.3, -0.25) is 4.79 Å². The molecule has 38 heavy (non-hydrogen) atoms. The summed E-state index contributed by atoms with van der Waals surface area (Å²) in [6.07, 6.45) is 6.51. The molecule has 1 heterocycles. The van der Waals surface area contributed by atoms with Gasteiger partial charge in [-0.15, -0.1) is 0 Å². The second kappa shape index (κ2) is 13.1. The van der Waals surface area contributed by atoms with Crippen LogP contribution in [0.25, 0.3) is 16.6 Å². The van der Waals surface area contributed by atoms with Crippen molar-refractivity contribution >= 4 is 40.0 Å². The van der Waals surface area contributed by atoms with E-state index in [2.05, 4.69) is 28.1 Å². The smallest absolute Gasteiger partial charge is 0.318 e. The normalized spacial score (nSPS) is 11.8. The molecule has 196 valence electrons. The molecule has 9 nitrogen and oxygen atoms in total. The summed E-state index contributed by atoms with van der Waals surface area (Å²) in [7, 11) is 0. The van der Waals surface area contributed by atoms with Crippen molar-refractivity contribution in [3.8, 4) is 11.8 Å². The third-order valence-electron chi connectivity index (χ3n) is 5.82. The average Bonchev–Trinajstić information content (AvgIpc) is 3.29. The van der Waals surface area contributed by atoms with E-state index < -0.39 is 11.9 Å². The highest BCUT2D eigenvalue weighted by Crippen LogP contribution is 2.29. The van der Waals surface area contributed by atoms with Crippen LogP contribution in [0.3, 0.4) is 0 Å². The monoisotopic (exact) mass is 514 g/mol. The Hall–Kier alpha value is -4.58. The first-order chi connectivity index (χ1) is 18.2. The number of hydrogen-bond acceptors (Lipinski definition) is 8. The molecular formula is C29H30N4O5. The number of unbranched alkanes of at least 4 members (excludes halogenated alkanes) is 3. The van der Waals surface area contributed by atoms with Crippen LogP contribution in [0, 0.1) is 11.3 Å². The van der Waals surface area contributed by atoms with Crippen molar-refractivity contribution in [2.75, 3.05) is 0 Å². The zero-order chi connectivity index (χ0) is 27.7. The first-order valence-corrected chi connectivity index (χ1v) is 12.4. The van der Waals surface area contributed by atoms with Crippen LogP contribution in [-0.2, 0) is 19.3 Å². The van der Waals surface area contributed by atoms with Crippen LogP contribution in [0.1, 0.15) is 81.3 Å². The van der Waals surface area contributed by atoms with Crippen LogP contribution in [0.15, 0.2) is 59.0 Å². The molecule has 0 saturated heterocycles. The third kappa shape index (κ3) is 7.01. The summed E-state index contributed by atoms with van der Waals surface area (Å²) in [5.74, 6) is -1.52. The Balaban J connectivity index is 2.12. The van der Waals surface area contributed by atoms with Gasteiger partial charge in [-0.2, -0.15) is 5.26 Å². The number of benzene rings is 2. The van der Waals surface area contributed by atoms with Crippen LogP contribution in [0.5, 0.6) is 0 Å². The van der Waals surface area contributed by atoms with Gasteiger partial charge in [-0.1, -0.05) is 48.6 Å². The molecule has 0 fully saturated rings. The molecule has 0 amide bonds. The number of Topliss-reactive ketones (excluding diaryl/α,β-unsaturated/α-hetero) is 1. The summed E-state index contributed by atoms with van der Waals surface area (Å²) >= 11 is 0. The number of hydrogen-bond donors (Lipinski definition) is 0. The highest BCUT2D eigenvalue weighted by atomic mass is 16.7.